The van der Waals surface area contributed by atoms with E-state index in [2.05, 4.69) is 33.6 Å². The number of carbonyl (C=O) groups is 1. The number of aromatic nitrogens is 2. The number of allylic oxidation sites excluding steroid dienone is 3. The average molecular weight is 420 g/mol. The lowest BCUT2D eigenvalue weighted by molar-refractivity contribution is -0.104. The van der Waals surface area contributed by atoms with Gasteiger partial charge in [-0.15, -0.1) is 0 Å². The molecule has 2 aromatic carbocycles. The third kappa shape index (κ3) is 4.13. The number of anilines is 1. The molecule has 1 atom stereocenters. The van der Waals surface area contributed by atoms with Crippen LogP contribution < -0.4 is 4.90 Å². The molecule has 0 spiro atoms. The Bertz CT molecular complexity index is 1130. The fourth-order valence-electron chi connectivity index (χ4n) is 3.70. The molecule has 0 unspecified atom stereocenters. The number of hydrogen-bond donors (Lipinski definition) is 0. The molecule has 5 nitrogen and oxygen atoms in total. The average Bonchev–Trinajstić information content (AvgIpc) is 2.78. The van der Waals surface area contributed by atoms with Crippen molar-refractivity contribution < 1.29 is 9.53 Å². The number of benzene rings is 2. The van der Waals surface area contributed by atoms with E-state index in [9.17, 15) is 4.79 Å². The highest BCUT2D eigenvalue weighted by atomic mass is 35.5. The fraction of sp³-hybridized carbons (Fsp3) is 0.208. The summed E-state index contributed by atoms with van der Waals surface area (Å²) in [5.74, 6) is 0.771. The maximum atomic E-state index is 11.0. The van der Waals surface area contributed by atoms with Crippen molar-refractivity contribution in [2.75, 3.05) is 24.7 Å². The van der Waals surface area contributed by atoms with Gasteiger partial charge in [-0.3, -0.25) is 4.79 Å². The molecule has 2 heterocycles. The van der Waals surface area contributed by atoms with Gasteiger partial charge >= 0.3 is 0 Å². The number of hydrogen-bond acceptors (Lipinski definition) is 5. The fourth-order valence-corrected chi connectivity index (χ4v) is 3.88. The highest BCUT2D eigenvalue weighted by Gasteiger charge is 2.27. The lowest BCUT2D eigenvalue weighted by Crippen LogP contribution is -2.40. The lowest BCUT2D eigenvalue weighted by Gasteiger charge is -2.37. The minimum absolute atomic E-state index is 0.0261. The number of fused-ring (bicyclic) bond motifs is 1. The van der Waals surface area contributed by atoms with Crippen LogP contribution in [-0.2, 0) is 9.53 Å². The quantitative estimate of drug-likeness (QED) is 0.251. The van der Waals surface area contributed by atoms with E-state index in [-0.39, 0.29) is 11.3 Å². The van der Waals surface area contributed by atoms with Crippen molar-refractivity contribution in [3.05, 3.63) is 83.2 Å². The van der Waals surface area contributed by atoms with Crippen LogP contribution in [0.1, 0.15) is 24.1 Å². The largest absolute Gasteiger partial charge is 0.377 e. The third-order valence-corrected chi connectivity index (χ3v) is 5.36. The van der Waals surface area contributed by atoms with Crippen LogP contribution in [0.15, 0.2) is 66.8 Å². The Kier molecular flexibility index (Phi) is 5.93. The highest BCUT2D eigenvalue weighted by molar-refractivity contribution is 6.28. The molecule has 0 N–H and O–H groups in total. The van der Waals surface area contributed by atoms with Crippen molar-refractivity contribution in [3.8, 4) is 0 Å². The molecule has 3 aromatic rings. The van der Waals surface area contributed by atoms with Crippen LogP contribution in [0.4, 0.5) is 5.82 Å². The van der Waals surface area contributed by atoms with Gasteiger partial charge in [0.1, 0.15) is 12.1 Å². The standard InChI is InChI=1S/C24H22ClN3O2/c1-16(14-29)12-17(2)19-8-9-21-20(13-19)23(27-24(25)26-21)28-10-11-30-15-22(28)18-6-4-3-5-7-18/h3-9,12-14,22H,2,10-11,15H2,1H3/b16-12-/t22-/m1/s1. The van der Waals surface area contributed by atoms with Crippen LogP contribution in [-0.4, -0.2) is 36.0 Å². The van der Waals surface area contributed by atoms with Crippen LogP contribution in [0.25, 0.3) is 16.5 Å². The van der Waals surface area contributed by atoms with E-state index >= 15 is 0 Å². The first-order valence-electron chi connectivity index (χ1n) is 9.76. The van der Waals surface area contributed by atoms with E-state index in [1.54, 1.807) is 13.0 Å². The Morgan fingerprint density at radius 2 is 2.03 bits per heavy atom. The van der Waals surface area contributed by atoms with Gasteiger partial charge in [0.15, 0.2) is 0 Å². The monoisotopic (exact) mass is 419 g/mol. The summed E-state index contributed by atoms with van der Waals surface area (Å²) in [6.45, 7) is 7.74. The first kappa shape index (κ1) is 20.3. The van der Waals surface area contributed by atoms with Gasteiger partial charge in [0, 0.05) is 11.9 Å². The van der Waals surface area contributed by atoms with Gasteiger partial charge in [-0.2, -0.15) is 4.98 Å². The third-order valence-electron chi connectivity index (χ3n) is 5.19. The number of carbonyl (C=O) groups excluding carboxylic acids is 1. The van der Waals surface area contributed by atoms with Crippen molar-refractivity contribution in [2.24, 2.45) is 0 Å². The molecule has 6 heteroatoms. The van der Waals surface area contributed by atoms with Gasteiger partial charge in [-0.05, 0) is 59.0 Å². The van der Waals surface area contributed by atoms with Gasteiger partial charge < -0.3 is 9.64 Å². The van der Waals surface area contributed by atoms with Gasteiger partial charge in [0.05, 0.1) is 24.8 Å². The summed E-state index contributed by atoms with van der Waals surface area (Å²) >= 11 is 6.28. The van der Waals surface area contributed by atoms with Crippen molar-refractivity contribution >= 4 is 40.2 Å². The second-order valence-corrected chi connectivity index (χ2v) is 7.61. The zero-order valence-corrected chi connectivity index (χ0v) is 17.5. The highest BCUT2D eigenvalue weighted by Crippen LogP contribution is 2.35. The smallest absolute Gasteiger partial charge is 0.224 e. The SMILES string of the molecule is C=C(/C=C(/C)C=O)c1ccc2nc(Cl)nc(N3CCOC[C@@H]3c3ccccc3)c2c1. The van der Waals surface area contributed by atoms with Crippen molar-refractivity contribution in [2.45, 2.75) is 13.0 Å². The van der Waals surface area contributed by atoms with E-state index in [4.69, 9.17) is 16.3 Å². The molecule has 1 fully saturated rings. The molecule has 0 aliphatic carbocycles. The lowest BCUT2D eigenvalue weighted by atomic mass is 10.0. The van der Waals surface area contributed by atoms with Crippen LogP contribution in [0.2, 0.25) is 5.28 Å². The Morgan fingerprint density at radius 3 is 2.80 bits per heavy atom. The summed E-state index contributed by atoms with van der Waals surface area (Å²) in [6, 6.07) is 16.1. The van der Waals surface area contributed by atoms with E-state index in [0.717, 1.165) is 39.7 Å². The summed E-state index contributed by atoms with van der Waals surface area (Å²) in [5, 5.41) is 1.09. The van der Waals surface area contributed by atoms with Crippen molar-refractivity contribution in [3.63, 3.8) is 0 Å². The van der Waals surface area contributed by atoms with Gasteiger partial charge in [-0.25, -0.2) is 4.98 Å². The van der Waals surface area contributed by atoms with Gasteiger partial charge in [-0.1, -0.05) is 43.0 Å². The summed E-state index contributed by atoms with van der Waals surface area (Å²) in [5.41, 5.74) is 4.19. The Morgan fingerprint density at radius 1 is 1.23 bits per heavy atom. The number of nitrogens with zero attached hydrogens (tertiary/aromatic N) is 3. The molecule has 1 aliphatic rings. The second-order valence-electron chi connectivity index (χ2n) is 7.27. The molecule has 0 amide bonds. The topological polar surface area (TPSA) is 55.3 Å². The maximum absolute atomic E-state index is 11.0. The minimum atomic E-state index is 0.0261. The molecule has 0 saturated carbocycles. The number of morpholine rings is 1. The Labute approximate surface area is 180 Å². The maximum Gasteiger partial charge on any atom is 0.224 e. The van der Waals surface area contributed by atoms with E-state index in [0.29, 0.717) is 25.3 Å². The predicted molar refractivity (Wildman–Crippen MR) is 121 cm³/mol. The van der Waals surface area contributed by atoms with Crippen molar-refractivity contribution in [1.29, 1.82) is 0 Å². The molecule has 0 radical (unpaired) electrons. The minimum Gasteiger partial charge on any atom is -0.377 e. The van der Waals surface area contributed by atoms with Crippen LogP contribution in [0, 0.1) is 0 Å². The molecule has 152 valence electrons. The summed E-state index contributed by atoms with van der Waals surface area (Å²) in [7, 11) is 0. The molecular formula is C24H22ClN3O2. The van der Waals surface area contributed by atoms with E-state index in [1.165, 1.54) is 0 Å². The molecule has 0 bridgehead atoms. The molecular weight excluding hydrogens is 398 g/mol. The molecule has 1 aliphatic heterocycles. The summed E-state index contributed by atoms with van der Waals surface area (Å²) in [4.78, 5) is 22.2. The van der Waals surface area contributed by atoms with Crippen LogP contribution >= 0.6 is 11.6 Å². The Hall–Kier alpha value is -3.02. The van der Waals surface area contributed by atoms with Crippen molar-refractivity contribution in [1.82, 2.24) is 9.97 Å². The van der Waals surface area contributed by atoms with Gasteiger partial charge in [0.2, 0.25) is 5.28 Å². The Balaban J connectivity index is 1.83. The molecule has 4 rings (SSSR count). The molecule has 1 saturated heterocycles. The number of halogens is 1. The first-order valence-corrected chi connectivity index (χ1v) is 10.1. The van der Waals surface area contributed by atoms with Gasteiger partial charge in [0.25, 0.3) is 0 Å². The zero-order valence-electron chi connectivity index (χ0n) is 16.7. The van der Waals surface area contributed by atoms with Crippen LogP contribution in [0.3, 0.4) is 0 Å². The van der Waals surface area contributed by atoms with E-state index < -0.39 is 0 Å². The first-order chi connectivity index (χ1) is 14.6. The van der Waals surface area contributed by atoms with E-state index in [1.807, 2.05) is 36.4 Å². The summed E-state index contributed by atoms with van der Waals surface area (Å²) < 4.78 is 5.78. The number of aldehydes is 1. The number of ether oxygens (including phenoxy) is 1. The second kappa shape index (κ2) is 8.78. The summed E-state index contributed by atoms with van der Waals surface area (Å²) in [6.07, 6.45) is 2.59. The predicted octanol–water partition coefficient (Wildman–Crippen LogP) is 5.02. The normalized spacial score (nSPS) is 17.2. The molecule has 1 aromatic heterocycles. The number of rotatable bonds is 5. The molecule has 30 heavy (non-hydrogen) atoms. The van der Waals surface area contributed by atoms with Crippen LogP contribution in [0.5, 0.6) is 0 Å². The zero-order chi connectivity index (χ0) is 21.1.